The predicted octanol–water partition coefficient (Wildman–Crippen LogP) is 4.40. The SMILES string of the molecule is C/C(CC(=O)Nc1c(C)cc(C)cc1C)=N\NC(=O)c1ccccc1Cl. The Kier molecular flexibility index (Phi) is 6.52. The van der Waals surface area contributed by atoms with Crippen molar-refractivity contribution in [3.05, 3.63) is 63.7 Å². The van der Waals surface area contributed by atoms with E-state index in [1.165, 1.54) is 0 Å². The molecule has 0 aromatic heterocycles. The quantitative estimate of drug-likeness (QED) is 0.604. The molecule has 26 heavy (non-hydrogen) atoms. The number of hydrazone groups is 1. The Labute approximate surface area is 158 Å². The maximum absolute atomic E-state index is 12.3. The lowest BCUT2D eigenvalue weighted by atomic mass is 10.0. The third kappa shape index (κ3) is 5.17. The second-order valence-electron chi connectivity index (χ2n) is 6.27. The molecule has 0 saturated heterocycles. The Morgan fingerprint density at radius 3 is 2.31 bits per heavy atom. The molecule has 0 radical (unpaired) electrons. The fourth-order valence-corrected chi connectivity index (χ4v) is 2.91. The van der Waals surface area contributed by atoms with Crippen LogP contribution in [0.3, 0.4) is 0 Å². The van der Waals surface area contributed by atoms with Crippen molar-refractivity contribution in [1.82, 2.24) is 5.43 Å². The van der Waals surface area contributed by atoms with Gasteiger partial charge in [-0.1, -0.05) is 41.4 Å². The molecule has 0 atom stereocenters. The van der Waals surface area contributed by atoms with Crippen LogP contribution in [0.15, 0.2) is 41.5 Å². The summed E-state index contributed by atoms with van der Waals surface area (Å²) < 4.78 is 0. The highest BCUT2D eigenvalue weighted by atomic mass is 35.5. The third-order valence-electron chi connectivity index (χ3n) is 3.82. The number of anilines is 1. The van der Waals surface area contributed by atoms with E-state index in [4.69, 9.17) is 11.6 Å². The lowest BCUT2D eigenvalue weighted by Gasteiger charge is -2.12. The van der Waals surface area contributed by atoms with Crippen LogP contribution >= 0.6 is 11.6 Å². The summed E-state index contributed by atoms with van der Waals surface area (Å²) in [6.07, 6.45) is 0.0789. The zero-order valence-electron chi connectivity index (χ0n) is 15.3. The summed E-state index contributed by atoms with van der Waals surface area (Å²) >= 11 is 5.98. The Hall–Kier alpha value is -2.66. The van der Waals surface area contributed by atoms with Crippen LogP contribution in [0, 0.1) is 20.8 Å². The van der Waals surface area contributed by atoms with E-state index in [1.54, 1.807) is 31.2 Å². The number of hydrogen-bond acceptors (Lipinski definition) is 3. The van der Waals surface area contributed by atoms with Crippen molar-refractivity contribution in [1.29, 1.82) is 0 Å². The van der Waals surface area contributed by atoms with Gasteiger partial charge >= 0.3 is 0 Å². The van der Waals surface area contributed by atoms with Gasteiger partial charge in [-0.05, 0) is 51.0 Å². The summed E-state index contributed by atoms with van der Waals surface area (Å²) in [7, 11) is 0. The van der Waals surface area contributed by atoms with Crippen LogP contribution in [0.5, 0.6) is 0 Å². The maximum atomic E-state index is 12.3. The summed E-state index contributed by atoms with van der Waals surface area (Å²) in [4.78, 5) is 24.3. The number of amides is 2. The van der Waals surface area contributed by atoms with Crippen LogP contribution in [-0.4, -0.2) is 17.5 Å². The lowest BCUT2D eigenvalue weighted by Crippen LogP contribution is -2.22. The zero-order chi connectivity index (χ0) is 19.3. The Morgan fingerprint density at radius 1 is 1.08 bits per heavy atom. The molecule has 0 heterocycles. The number of nitrogens with zero attached hydrogens (tertiary/aromatic N) is 1. The summed E-state index contributed by atoms with van der Waals surface area (Å²) in [5.74, 6) is -0.603. The average Bonchev–Trinajstić information content (AvgIpc) is 2.56. The van der Waals surface area contributed by atoms with E-state index in [2.05, 4.69) is 15.8 Å². The van der Waals surface area contributed by atoms with Crippen molar-refractivity contribution in [3.8, 4) is 0 Å². The minimum absolute atomic E-state index is 0.0789. The molecule has 0 spiro atoms. The van der Waals surface area contributed by atoms with Gasteiger partial charge in [-0.3, -0.25) is 9.59 Å². The van der Waals surface area contributed by atoms with Gasteiger partial charge in [-0.2, -0.15) is 5.10 Å². The van der Waals surface area contributed by atoms with Gasteiger partial charge in [0.15, 0.2) is 0 Å². The number of carbonyl (C=O) groups is 2. The standard InChI is InChI=1S/C20H22ClN3O2/c1-12-9-13(2)19(14(3)10-12)22-18(25)11-15(4)23-24-20(26)16-7-5-6-8-17(16)21/h5-10H,11H2,1-4H3,(H,22,25)(H,24,26)/b23-15+. The first kappa shape index (κ1) is 19.7. The first-order chi connectivity index (χ1) is 12.3. The number of rotatable bonds is 5. The van der Waals surface area contributed by atoms with Gasteiger partial charge in [0, 0.05) is 11.4 Å². The van der Waals surface area contributed by atoms with E-state index in [1.807, 2.05) is 32.9 Å². The van der Waals surface area contributed by atoms with Crippen LogP contribution in [0.2, 0.25) is 5.02 Å². The molecule has 0 bridgehead atoms. The molecular formula is C20H22ClN3O2. The highest BCUT2D eigenvalue weighted by Gasteiger charge is 2.11. The molecule has 0 aliphatic heterocycles. The summed E-state index contributed by atoms with van der Waals surface area (Å²) in [5, 5.41) is 7.24. The molecule has 6 heteroatoms. The highest BCUT2D eigenvalue weighted by molar-refractivity contribution is 6.33. The van der Waals surface area contributed by atoms with Gasteiger partial charge < -0.3 is 5.32 Å². The second-order valence-corrected chi connectivity index (χ2v) is 6.67. The second kappa shape index (κ2) is 8.63. The minimum atomic E-state index is -0.416. The highest BCUT2D eigenvalue weighted by Crippen LogP contribution is 2.22. The topological polar surface area (TPSA) is 70.6 Å². The first-order valence-electron chi connectivity index (χ1n) is 8.23. The van der Waals surface area contributed by atoms with E-state index >= 15 is 0 Å². The molecule has 2 N–H and O–H groups in total. The van der Waals surface area contributed by atoms with E-state index in [0.29, 0.717) is 16.3 Å². The Bertz CT molecular complexity index is 852. The van der Waals surface area contributed by atoms with Crippen molar-refractivity contribution >= 4 is 34.8 Å². The fraction of sp³-hybridized carbons (Fsp3) is 0.250. The fourth-order valence-electron chi connectivity index (χ4n) is 2.68. The van der Waals surface area contributed by atoms with Gasteiger partial charge in [0.2, 0.25) is 5.91 Å². The largest absolute Gasteiger partial charge is 0.325 e. The molecule has 5 nitrogen and oxygen atoms in total. The van der Waals surface area contributed by atoms with Crippen LogP contribution in [-0.2, 0) is 4.79 Å². The van der Waals surface area contributed by atoms with E-state index in [0.717, 1.165) is 22.4 Å². The van der Waals surface area contributed by atoms with E-state index < -0.39 is 5.91 Å². The number of benzene rings is 2. The van der Waals surface area contributed by atoms with E-state index in [9.17, 15) is 9.59 Å². The molecule has 0 unspecified atom stereocenters. The smallest absolute Gasteiger partial charge is 0.272 e. The average molecular weight is 372 g/mol. The summed E-state index contributed by atoms with van der Waals surface area (Å²) in [6, 6.07) is 10.7. The molecule has 2 aromatic carbocycles. The molecule has 0 aliphatic carbocycles. The molecule has 0 aliphatic rings. The molecule has 0 saturated carbocycles. The molecule has 2 aromatic rings. The normalized spacial score (nSPS) is 11.2. The molecule has 2 rings (SSSR count). The van der Waals surface area contributed by atoms with Crippen molar-refractivity contribution < 1.29 is 9.59 Å². The number of halogens is 1. The van der Waals surface area contributed by atoms with Crippen LogP contribution in [0.4, 0.5) is 5.69 Å². The third-order valence-corrected chi connectivity index (χ3v) is 4.15. The van der Waals surface area contributed by atoms with Crippen LogP contribution in [0.25, 0.3) is 0 Å². The van der Waals surface area contributed by atoms with Crippen LogP contribution in [0.1, 0.15) is 40.4 Å². The lowest BCUT2D eigenvalue weighted by molar-refractivity contribution is -0.115. The molecule has 0 fully saturated rings. The van der Waals surface area contributed by atoms with E-state index in [-0.39, 0.29) is 12.3 Å². The number of hydrogen-bond donors (Lipinski definition) is 2. The minimum Gasteiger partial charge on any atom is -0.325 e. The van der Waals surface area contributed by atoms with Gasteiger partial charge in [0.1, 0.15) is 0 Å². The van der Waals surface area contributed by atoms with Crippen molar-refractivity contribution in [2.24, 2.45) is 5.10 Å². The first-order valence-corrected chi connectivity index (χ1v) is 8.61. The zero-order valence-corrected chi connectivity index (χ0v) is 16.1. The molecule has 136 valence electrons. The van der Waals surface area contributed by atoms with Crippen molar-refractivity contribution in [2.75, 3.05) is 5.32 Å². The van der Waals surface area contributed by atoms with Gasteiger partial charge in [0.05, 0.1) is 17.0 Å². The molecular weight excluding hydrogens is 350 g/mol. The number of aryl methyl sites for hydroxylation is 3. The number of nitrogens with one attached hydrogen (secondary N) is 2. The predicted molar refractivity (Wildman–Crippen MR) is 106 cm³/mol. The summed E-state index contributed by atoms with van der Waals surface area (Å²) in [5.41, 5.74) is 7.24. The number of carbonyl (C=O) groups excluding carboxylic acids is 2. The Morgan fingerprint density at radius 2 is 1.69 bits per heavy atom. The monoisotopic (exact) mass is 371 g/mol. The van der Waals surface area contributed by atoms with Gasteiger partial charge in [-0.25, -0.2) is 5.43 Å². The van der Waals surface area contributed by atoms with Crippen LogP contribution < -0.4 is 10.7 Å². The van der Waals surface area contributed by atoms with Crippen molar-refractivity contribution in [3.63, 3.8) is 0 Å². The van der Waals surface area contributed by atoms with Gasteiger partial charge in [0.25, 0.3) is 5.91 Å². The van der Waals surface area contributed by atoms with Crippen molar-refractivity contribution in [2.45, 2.75) is 34.1 Å². The summed E-state index contributed by atoms with van der Waals surface area (Å²) in [6.45, 7) is 7.62. The Balaban J connectivity index is 1.98. The maximum Gasteiger partial charge on any atom is 0.272 e. The molecule has 2 amide bonds. The van der Waals surface area contributed by atoms with Gasteiger partial charge in [-0.15, -0.1) is 0 Å².